The first kappa shape index (κ1) is 20.0. The SMILES string of the molecule is CCOC(=O)c1cn(CCO)c(-c2c(C(F)(F)F)ccc(C)c2C)c1C. The summed E-state index contributed by atoms with van der Waals surface area (Å²) in [5, 5.41) is 9.33. The summed E-state index contributed by atoms with van der Waals surface area (Å²) >= 11 is 0. The molecule has 0 saturated heterocycles. The van der Waals surface area contributed by atoms with Gasteiger partial charge in [-0.3, -0.25) is 0 Å². The molecule has 2 rings (SSSR count). The fourth-order valence-electron chi connectivity index (χ4n) is 3.05. The third-order valence-electron chi connectivity index (χ3n) is 4.45. The molecule has 142 valence electrons. The van der Waals surface area contributed by atoms with Gasteiger partial charge in [-0.05, 0) is 50.5 Å². The molecule has 0 saturated carbocycles. The lowest BCUT2D eigenvalue weighted by molar-refractivity contribution is -0.137. The van der Waals surface area contributed by atoms with E-state index in [1.807, 2.05) is 0 Å². The molecule has 0 fully saturated rings. The number of benzene rings is 1. The number of carbonyl (C=O) groups excluding carboxylic acids is 1. The van der Waals surface area contributed by atoms with Gasteiger partial charge in [0.05, 0.1) is 30.0 Å². The number of ether oxygens (including phenoxy) is 1. The fourth-order valence-corrected chi connectivity index (χ4v) is 3.05. The Hall–Kier alpha value is -2.28. The van der Waals surface area contributed by atoms with Gasteiger partial charge < -0.3 is 14.4 Å². The van der Waals surface area contributed by atoms with E-state index in [0.717, 1.165) is 6.07 Å². The Labute approximate surface area is 150 Å². The number of halogens is 3. The molecule has 4 nitrogen and oxygen atoms in total. The second-order valence-electron chi connectivity index (χ2n) is 6.08. The lowest BCUT2D eigenvalue weighted by Gasteiger charge is -2.19. The van der Waals surface area contributed by atoms with Crippen LogP contribution in [0.15, 0.2) is 18.3 Å². The third-order valence-corrected chi connectivity index (χ3v) is 4.45. The van der Waals surface area contributed by atoms with Gasteiger partial charge in [-0.2, -0.15) is 13.2 Å². The van der Waals surface area contributed by atoms with Gasteiger partial charge in [0, 0.05) is 18.3 Å². The highest BCUT2D eigenvalue weighted by molar-refractivity contribution is 5.94. The van der Waals surface area contributed by atoms with Crippen molar-refractivity contribution in [2.24, 2.45) is 0 Å². The zero-order valence-corrected chi connectivity index (χ0v) is 15.2. The maximum absolute atomic E-state index is 13.6. The van der Waals surface area contributed by atoms with Gasteiger partial charge in [0.25, 0.3) is 0 Å². The third kappa shape index (κ3) is 3.62. The Bertz CT molecular complexity index is 822. The highest BCUT2D eigenvalue weighted by atomic mass is 19.4. The van der Waals surface area contributed by atoms with Crippen LogP contribution in [0.5, 0.6) is 0 Å². The number of carbonyl (C=O) groups is 1. The average Bonchev–Trinajstić information content (AvgIpc) is 2.86. The van der Waals surface area contributed by atoms with Crippen molar-refractivity contribution in [3.63, 3.8) is 0 Å². The summed E-state index contributed by atoms with van der Waals surface area (Å²) in [4.78, 5) is 12.2. The lowest BCUT2D eigenvalue weighted by atomic mass is 9.92. The number of esters is 1. The van der Waals surface area contributed by atoms with Crippen LogP contribution in [0.2, 0.25) is 0 Å². The molecule has 1 aromatic carbocycles. The van der Waals surface area contributed by atoms with Crippen molar-refractivity contribution in [1.29, 1.82) is 0 Å². The molecule has 0 unspecified atom stereocenters. The van der Waals surface area contributed by atoms with Crippen molar-refractivity contribution in [1.82, 2.24) is 4.57 Å². The maximum Gasteiger partial charge on any atom is 0.417 e. The van der Waals surface area contributed by atoms with Gasteiger partial charge in [-0.15, -0.1) is 0 Å². The van der Waals surface area contributed by atoms with Gasteiger partial charge in [-0.25, -0.2) is 4.79 Å². The van der Waals surface area contributed by atoms with E-state index in [0.29, 0.717) is 16.7 Å². The van der Waals surface area contributed by atoms with Crippen LogP contribution >= 0.6 is 0 Å². The second kappa shape index (κ2) is 7.53. The summed E-state index contributed by atoms with van der Waals surface area (Å²) in [7, 11) is 0. The molecular formula is C19H22F3NO3. The summed E-state index contributed by atoms with van der Waals surface area (Å²) in [6, 6.07) is 2.49. The van der Waals surface area contributed by atoms with Crippen LogP contribution in [0, 0.1) is 20.8 Å². The summed E-state index contributed by atoms with van der Waals surface area (Å²) < 4.78 is 47.4. The van der Waals surface area contributed by atoms with Crippen LogP contribution in [-0.4, -0.2) is 28.9 Å². The molecule has 0 radical (unpaired) electrons. The number of rotatable bonds is 5. The molecule has 26 heavy (non-hydrogen) atoms. The van der Waals surface area contributed by atoms with Crippen molar-refractivity contribution in [2.45, 2.75) is 40.4 Å². The minimum atomic E-state index is -4.54. The van der Waals surface area contributed by atoms with Crippen LogP contribution in [0.25, 0.3) is 11.3 Å². The molecule has 2 aromatic rings. The molecule has 0 aliphatic heterocycles. The molecule has 0 bridgehead atoms. The number of aliphatic hydroxyl groups excluding tert-OH is 1. The van der Waals surface area contributed by atoms with E-state index < -0.39 is 17.7 Å². The smallest absolute Gasteiger partial charge is 0.417 e. The van der Waals surface area contributed by atoms with Crippen molar-refractivity contribution in [3.8, 4) is 11.3 Å². The number of hydrogen-bond acceptors (Lipinski definition) is 3. The molecule has 1 heterocycles. The molecule has 0 atom stereocenters. The monoisotopic (exact) mass is 369 g/mol. The molecule has 0 aliphatic carbocycles. The minimum absolute atomic E-state index is 0.0269. The predicted octanol–water partition coefficient (Wildman–Crippen LogP) is 4.27. The van der Waals surface area contributed by atoms with E-state index in [2.05, 4.69) is 0 Å². The Morgan fingerprint density at radius 3 is 2.38 bits per heavy atom. The van der Waals surface area contributed by atoms with Gasteiger partial charge in [0.15, 0.2) is 0 Å². The van der Waals surface area contributed by atoms with E-state index >= 15 is 0 Å². The van der Waals surface area contributed by atoms with Gasteiger partial charge in [0.1, 0.15) is 0 Å². The normalized spacial score (nSPS) is 11.7. The largest absolute Gasteiger partial charge is 0.462 e. The summed E-state index contributed by atoms with van der Waals surface area (Å²) in [6.45, 7) is 6.58. The van der Waals surface area contributed by atoms with Crippen molar-refractivity contribution in [3.05, 3.63) is 46.1 Å². The van der Waals surface area contributed by atoms with E-state index in [4.69, 9.17) is 4.74 Å². The maximum atomic E-state index is 13.6. The molecular weight excluding hydrogens is 347 g/mol. The molecule has 0 spiro atoms. The zero-order chi connectivity index (χ0) is 19.6. The fraction of sp³-hybridized carbons (Fsp3) is 0.421. The summed E-state index contributed by atoms with van der Waals surface area (Å²) in [5.41, 5.74) is 1.32. The number of nitrogens with zero attached hydrogens (tertiary/aromatic N) is 1. The number of aliphatic hydroxyl groups is 1. The summed E-state index contributed by atoms with van der Waals surface area (Å²) in [5.74, 6) is -0.596. The van der Waals surface area contributed by atoms with Crippen LogP contribution < -0.4 is 0 Å². The summed E-state index contributed by atoms with van der Waals surface area (Å²) in [6.07, 6.45) is -3.10. The van der Waals surface area contributed by atoms with Gasteiger partial charge in [-0.1, -0.05) is 6.07 Å². The Balaban J connectivity index is 2.83. The Morgan fingerprint density at radius 2 is 1.85 bits per heavy atom. The van der Waals surface area contributed by atoms with Crippen molar-refractivity contribution >= 4 is 5.97 Å². The van der Waals surface area contributed by atoms with E-state index in [1.54, 1.807) is 27.7 Å². The van der Waals surface area contributed by atoms with Crippen molar-refractivity contribution in [2.75, 3.05) is 13.2 Å². The lowest BCUT2D eigenvalue weighted by Crippen LogP contribution is -2.12. The number of hydrogen-bond donors (Lipinski definition) is 1. The highest BCUT2D eigenvalue weighted by Crippen LogP contribution is 2.42. The average molecular weight is 369 g/mol. The highest BCUT2D eigenvalue weighted by Gasteiger charge is 2.36. The number of aryl methyl sites for hydroxylation is 1. The first-order valence-electron chi connectivity index (χ1n) is 8.28. The van der Waals surface area contributed by atoms with E-state index in [-0.39, 0.29) is 36.6 Å². The van der Waals surface area contributed by atoms with Crippen molar-refractivity contribution < 1.29 is 27.8 Å². The van der Waals surface area contributed by atoms with Crippen LogP contribution in [0.1, 0.15) is 39.5 Å². The first-order chi connectivity index (χ1) is 12.1. The first-order valence-corrected chi connectivity index (χ1v) is 8.28. The Kier molecular flexibility index (Phi) is 5.81. The van der Waals surface area contributed by atoms with Crippen LogP contribution in [-0.2, 0) is 17.5 Å². The Morgan fingerprint density at radius 1 is 1.19 bits per heavy atom. The predicted molar refractivity (Wildman–Crippen MR) is 92.1 cm³/mol. The number of aromatic nitrogens is 1. The minimum Gasteiger partial charge on any atom is -0.462 e. The molecule has 1 N–H and O–H groups in total. The molecule has 7 heteroatoms. The van der Waals surface area contributed by atoms with E-state index in [9.17, 15) is 23.1 Å². The standard InChI is InChI=1S/C19H22F3NO3/c1-5-26-18(25)14-10-23(8-9-24)17(13(14)4)16-12(3)11(2)6-7-15(16)19(20,21)22/h6-7,10,24H,5,8-9H2,1-4H3. The molecule has 0 amide bonds. The van der Waals surface area contributed by atoms with Crippen LogP contribution in [0.4, 0.5) is 13.2 Å². The van der Waals surface area contributed by atoms with E-state index in [1.165, 1.54) is 16.8 Å². The molecule has 1 aromatic heterocycles. The second-order valence-corrected chi connectivity index (χ2v) is 6.08. The topological polar surface area (TPSA) is 51.5 Å². The number of alkyl halides is 3. The zero-order valence-electron chi connectivity index (χ0n) is 15.2. The molecule has 0 aliphatic rings. The van der Waals surface area contributed by atoms with Gasteiger partial charge in [0.2, 0.25) is 0 Å². The van der Waals surface area contributed by atoms with Crippen LogP contribution in [0.3, 0.4) is 0 Å². The quantitative estimate of drug-likeness (QED) is 0.801. The van der Waals surface area contributed by atoms with Gasteiger partial charge >= 0.3 is 12.1 Å².